The van der Waals surface area contributed by atoms with Gasteiger partial charge < -0.3 is 14.8 Å². The summed E-state index contributed by atoms with van der Waals surface area (Å²) in [5.74, 6) is 0.179. The predicted octanol–water partition coefficient (Wildman–Crippen LogP) is 3.13. The van der Waals surface area contributed by atoms with Crippen molar-refractivity contribution >= 4 is 15.9 Å². The van der Waals surface area contributed by atoms with E-state index in [0.717, 1.165) is 5.56 Å². The van der Waals surface area contributed by atoms with Crippen molar-refractivity contribution in [1.82, 2.24) is 5.32 Å². The molecule has 0 atom stereocenters. The molecule has 0 heterocycles. The maximum Gasteiger partial charge on any atom is 0.422 e. The Balaban J connectivity index is 2.49. The second-order valence-electron chi connectivity index (χ2n) is 3.84. The fourth-order valence-electron chi connectivity index (χ4n) is 1.34. The van der Waals surface area contributed by atoms with Crippen LogP contribution in [0.3, 0.4) is 0 Å². The Morgan fingerprint density at radius 3 is 2.63 bits per heavy atom. The van der Waals surface area contributed by atoms with E-state index in [4.69, 9.17) is 4.74 Å². The van der Waals surface area contributed by atoms with Gasteiger partial charge in [-0.2, -0.15) is 13.2 Å². The van der Waals surface area contributed by atoms with E-state index in [-0.39, 0.29) is 5.75 Å². The minimum Gasteiger partial charge on any atom is -0.483 e. The van der Waals surface area contributed by atoms with E-state index in [1.165, 1.54) is 6.07 Å². The fourth-order valence-corrected chi connectivity index (χ4v) is 1.88. The number of benzene rings is 1. The van der Waals surface area contributed by atoms with Crippen LogP contribution in [0.25, 0.3) is 0 Å². The lowest BCUT2D eigenvalue weighted by atomic mass is 10.2. The minimum absolute atomic E-state index is 0.179. The summed E-state index contributed by atoms with van der Waals surface area (Å²) in [5.41, 5.74) is 0.947. The summed E-state index contributed by atoms with van der Waals surface area (Å²) in [7, 11) is 1.62. The Kier molecular flexibility index (Phi) is 6.60. The van der Waals surface area contributed by atoms with Crippen LogP contribution < -0.4 is 10.1 Å². The van der Waals surface area contributed by atoms with Gasteiger partial charge in [0.1, 0.15) is 5.75 Å². The predicted molar refractivity (Wildman–Crippen MR) is 69.3 cm³/mol. The minimum atomic E-state index is -4.33. The lowest BCUT2D eigenvalue weighted by molar-refractivity contribution is -0.153. The molecular formula is C12H15BrF3NO2. The number of nitrogens with one attached hydrogen (secondary N) is 1. The van der Waals surface area contributed by atoms with E-state index in [9.17, 15) is 13.2 Å². The first-order chi connectivity index (χ1) is 8.92. The summed E-state index contributed by atoms with van der Waals surface area (Å²) in [6, 6.07) is 4.96. The zero-order valence-electron chi connectivity index (χ0n) is 10.4. The Bertz CT molecular complexity index is 399. The van der Waals surface area contributed by atoms with Gasteiger partial charge in [-0.05, 0) is 33.6 Å². The van der Waals surface area contributed by atoms with Crippen LogP contribution in [0.15, 0.2) is 22.7 Å². The SMILES string of the molecule is COCCNCc1ccc(OCC(F)(F)F)c(Br)c1. The molecule has 0 saturated carbocycles. The zero-order chi connectivity index (χ0) is 14.3. The first kappa shape index (κ1) is 16.3. The molecule has 1 rings (SSSR count). The molecule has 0 fully saturated rings. The highest BCUT2D eigenvalue weighted by Crippen LogP contribution is 2.27. The Morgan fingerprint density at radius 1 is 1.32 bits per heavy atom. The normalized spacial score (nSPS) is 11.6. The molecule has 3 nitrogen and oxygen atoms in total. The monoisotopic (exact) mass is 341 g/mol. The molecule has 0 unspecified atom stereocenters. The van der Waals surface area contributed by atoms with E-state index in [2.05, 4.69) is 26.0 Å². The van der Waals surface area contributed by atoms with Gasteiger partial charge in [-0.15, -0.1) is 0 Å². The first-order valence-corrected chi connectivity index (χ1v) is 6.39. The third-order valence-electron chi connectivity index (χ3n) is 2.20. The Morgan fingerprint density at radius 2 is 2.05 bits per heavy atom. The zero-order valence-corrected chi connectivity index (χ0v) is 12.0. The van der Waals surface area contributed by atoms with Gasteiger partial charge >= 0.3 is 6.18 Å². The van der Waals surface area contributed by atoms with Crippen molar-refractivity contribution in [3.05, 3.63) is 28.2 Å². The standard InChI is InChI=1S/C12H15BrF3NO2/c1-18-5-4-17-7-9-2-3-11(10(13)6-9)19-8-12(14,15)16/h2-3,6,17H,4-5,7-8H2,1H3. The molecule has 1 aromatic rings. The molecule has 0 radical (unpaired) electrons. The summed E-state index contributed by atoms with van der Waals surface area (Å²) in [5, 5.41) is 3.14. The number of halogens is 4. The average Bonchev–Trinajstić information content (AvgIpc) is 2.32. The van der Waals surface area contributed by atoms with Crippen molar-refractivity contribution in [2.45, 2.75) is 12.7 Å². The number of ether oxygens (including phenoxy) is 2. The maximum atomic E-state index is 12.0. The molecule has 7 heteroatoms. The number of alkyl halides is 3. The fraction of sp³-hybridized carbons (Fsp3) is 0.500. The van der Waals surface area contributed by atoms with Crippen LogP contribution in [0.2, 0.25) is 0 Å². The summed E-state index contributed by atoms with van der Waals surface area (Å²) in [6.07, 6.45) is -4.33. The first-order valence-electron chi connectivity index (χ1n) is 5.60. The van der Waals surface area contributed by atoms with Gasteiger partial charge in [-0.1, -0.05) is 6.07 Å². The van der Waals surface area contributed by atoms with E-state index < -0.39 is 12.8 Å². The van der Waals surface area contributed by atoms with E-state index >= 15 is 0 Å². The Hall–Kier alpha value is -0.790. The topological polar surface area (TPSA) is 30.5 Å². The number of hydrogen-bond donors (Lipinski definition) is 1. The number of rotatable bonds is 7. The molecule has 0 aliphatic rings. The highest BCUT2D eigenvalue weighted by atomic mass is 79.9. The van der Waals surface area contributed by atoms with Crippen LogP contribution >= 0.6 is 15.9 Å². The van der Waals surface area contributed by atoms with Gasteiger partial charge in [0.15, 0.2) is 6.61 Å². The van der Waals surface area contributed by atoms with Crippen molar-refractivity contribution in [3.8, 4) is 5.75 Å². The van der Waals surface area contributed by atoms with E-state index in [1.54, 1.807) is 19.2 Å². The van der Waals surface area contributed by atoms with Crippen molar-refractivity contribution < 1.29 is 22.6 Å². The highest BCUT2D eigenvalue weighted by molar-refractivity contribution is 9.10. The molecule has 0 aliphatic carbocycles. The highest BCUT2D eigenvalue weighted by Gasteiger charge is 2.28. The lowest BCUT2D eigenvalue weighted by Gasteiger charge is -2.12. The molecular weight excluding hydrogens is 327 g/mol. The Labute approximate surface area is 118 Å². The van der Waals surface area contributed by atoms with Crippen LogP contribution in [0.5, 0.6) is 5.75 Å². The second kappa shape index (κ2) is 7.72. The summed E-state index contributed by atoms with van der Waals surface area (Å²) < 4.78 is 46.2. The molecule has 0 amide bonds. The van der Waals surface area contributed by atoms with Gasteiger partial charge in [-0.25, -0.2) is 0 Å². The summed E-state index contributed by atoms with van der Waals surface area (Å²) in [4.78, 5) is 0. The molecule has 0 saturated heterocycles. The molecule has 0 aromatic heterocycles. The maximum absolute atomic E-state index is 12.0. The molecule has 1 aromatic carbocycles. The molecule has 108 valence electrons. The number of hydrogen-bond acceptors (Lipinski definition) is 3. The van der Waals surface area contributed by atoms with Crippen LogP contribution in [0, 0.1) is 0 Å². The van der Waals surface area contributed by atoms with Gasteiger partial charge in [0.05, 0.1) is 11.1 Å². The van der Waals surface area contributed by atoms with E-state index in [1.807, 2.05) is 0 Å². The number of methoxy groups -OCH3 is 1. The molecule has 0 spiro atoms. The quantitative estimate of drug-likeness (QED) is 0.773. The van der Waals surface area contributed by atoms with Gasteiger partial charge in [0, 0.05) is 20.2 Å². The van der Waals surface area contributed by atoms with Crippen molar-refractivity contribution in [3.63, 3.8) is 0 Å². The average molecular weight is 342 g/mol. The molecule has 1 N–H and O–H groups in total. The van der Waals surface area contributed by atoms with Crippen molar-refractivity contribution in [2.75, 3.05) is 26.9 Å². The van der Waals surface area contributed by atoms with Crippen LogP contribution in [-0.4, -0.2) is 33.0 Å². The van der Waals surface area contributed by atoms with Gasteiger partial charge in [-0.3, -0.25) is 0 Å². The summed E-state index contributed by atoms with van der Waals surface area (Å²) >= 11 is 3.19. The molecule has 0 bridgehead atoms. The third-order valence-corrected chi connectivity index (χ3v) is 2.82. The van der Waals surface area contributed by atoms with Crippen LogP contribution in [-0.2, 0) is 11.3 Å². The van der Waals surface area contributed by atoms with E-state index in [0.29, 0.717) is 24.2 Å². The smallest absolute Gasteiger partial charge is 0.422 e. The third kappa shape index (κ3) is 6.79. The summed E-state index contributed by atoms with van der Waals surface area (Å²) in [6.45, 7) is 0.632. The lowest BCUT2D eigenvalue weighted by Crippen LogP contribution is -2.20. The molecule has 19 heavy (non-hydrogen) atoms. The molecule has 0 aliphatic heterocycles. The van der Waals surface area contributed by atoms with Crippen molar-refractivity contribution in [1.29, 1.82) is 0 Å². The van der Waals surface area contributed by atoms with Gasteiger partial charge in [0.25, 0.3) is 0 Å². The van der Waals surface area contributed by atoms with Crippen molar-refractivity contribution in [2.24, 2.45) is 0 Å². The second-order valence-corrected chi connectivity index (χ2v) is 4.69. The van der Waals surface area contributed by atoms with Crippen LogP contribution in [0.1, 0.15) is 5.56 Å². The largest absolute Gasteiger partial charge is 0.483 e. The van der Waals surface area contributed by atoms with Gasteiger partial charge in [0.2, 0.25) is 0 Å². The van der Waals surface area contributed by atoms with Crippen LogP contribution in [0.4, 0.5) is 13.2 Å².